The minimum Gasteiger partial charge on any atom is -0.336 e. The molecule has 9 heteroatoms. The molecule has 1 amide bonds. The Morgan fingerprint density at radius 2 is 2.12 bits per heavy atom. The summed E-state index contributed by atoms with van der Waals surface area (Å²) in [5.74, 6) is -0.770. The van der Waals surface area contributed by atoms with E-state index in [0.29, 0.717) is 26.1 Å². The SMILES string of the molecule is N#Cc1cc(S(=O)(=O)N2CCCC(N3CCNCC3=O)C2)ccc1F. The van der Waals surface area contributed by atoms with Crippen molar-refractivity contribution >= 4 is 15.9 Å². The number of piperazine rings is 1. The summed E-state index contributed by atoms with van der Waals surface area (Å²) >= 11 is 0. The molecule has 1 atom stereocenters. The molecular formula is C16H19FN4O3S. The molecule has 0 saturated carbocycles. The van der Waals surface area contributed by atoms with Crippen LogP contribution < -0.4 is 5.32 Å². The number of amides is 1. The second-order valence-corrected chi connectivity index (χ2v) is 8.11. The van der Waals surface area contributed by atoms with E-state index in [9.17, 15) is 17.6 Å². The average molecular weight is 366 g/mol. The van der Waals surface area contributed by atoms with E-state index in [4.69, 9.17) is 5.26 Å². The fourth-order valence-electron chi connectivity index (χ4n) is 3.30. The third-order valence-electron chi connectivity index (χ3n) is 4.62. The quantitative estimate of drug-likeness (QED) is 0.829. The third-order valence-corrected chi connectivity index (χ3v) is 6.48. The monoisotopic (exact) mass is 366 g/mol. The Hall–Kier alpha value is -2.02. The molecule has 134 valence electrons. The molecule has 0 radical (unpaired) electrons. The van der Waals surface area contributed by atoms with Crippen LogP contribution in [0.4, 0.5) is 4.39 Å². The zero-order valence-electron chi connectivity index (χ0n) is 13.6. The van der Waals surface area contributed by atoms with Crippen LogP contribution in [0.5, 0.6) is 0 Å². The topological polar surface area (TPSA) is 93.5 Å². The number of halogens is 1. The van der Waals surface area contributed by atoms with Gasteiger partial charge in [0, 0.05) is 32.2 Å². The fraction of sp³-hybridized carbons (Fsp3) is 0.500. The Balaban J connectivity index is 1.82. The molecule has 7 nitrogen and oxygen atoms in total. The maximum Gasteiger partial charge on any atom is 0.243 e. The second-order valence-electron chi connectivity index (χ2n) is 6.18. The number of piperidine rings is 1. The highest BCUT2D eigenvalue weighted by atomic mass is 32.2. The van der Waals surface area contributed by atoms with Crippen molar-refractivity contribution in [2.45, 2.75) is 23.8 Å². The van der Waals surface area contributed by atoms with E-state index in [2.05, 4.69) is 5.32 Å². The Kier molecular flexibility index (Phi) is 5.03. The predicted molar refractivity (Wildman–Crippen MR) is 87.5 cm³/mol. The maximum absolute atomic E-state index is 13.5. The minimum atomic E-state index is -3.84. The van der Waals surface area contributed by atoms with Gasteiger partial charge in [0.15, 0.2) is 0 Å². The van der Waals surface area contributed by atoms with Crippen LogP contribution in [0.2, 0.25) is 0 Å². The van der Waals surface area contributed by atoms with Crippen molar-refractivity contribution in [1.29, 1.82) is 5.26 Å². The van der Waals surface area contributed by atoms with Crippen LogP contribution in [0.1, 0.15) is 18.4 Å². The molecule has 2 saturated heterocycles. The summed E-state index contributed by atoms with van der Waals surface area (Å²) in [5, 5.41) is 11.9. The lowest BCUT2D eigenvalue weighted by atomic mass is 10.1. The normalized spacial score (nSPS) is 22.6. The highest BCUT2D eigenvalue weighted by molar-refractivity contribution is 7.89. The van der Waals surface area contributed by atoms with Crippen molar-refractivity contribution in [2.24, 2.45) is 0 Å². The van der Waals surface area contributed by atoms with Crippen molar-refractivity contribution in [3.05, 3.63) is 29.6 Å². The molecule has 1 aromatic rings. The summed E-state index contributed by atoms with van der Waals surface area (Å²) in [6.45, 7) is 2.09. The van der Waals surface area contributed by atoms with Gasteiger partial charge in [-0.15, -0.1) is 0 Å². The summed E-state index contributed by atoms with van der Waals surface area (Å²) in [6.07, 6.45) is 1.40. The molecule has 25 heavy (non-hydrogen) atoms. The van der Waals surface area contributed by atoms with Gasteiger partial charge in [0.1, 0.15) is 11.9 Å². The lowest BCUT2D eigenvalue weighted by Gasteiger charge is -2.40. The minimum absolute atomic E-state index is 0.0240. The van der Waals surface area contributed by atoms with Gasteiger partial charge in [0.2, 0.25) is 15.9 Å². The lowest BCUT2D eigenvalue weighted by Crippen LogP contribution is -2.57. The van der Waals surface area contributed by atoms with E-state index in [-0.39, 0.29) is 35.5 Å². The summed E-state index contributed by atoms with van der Waals surface area (Å²) in [7, 11) is -3.84. The van der Waals surface area contributed by atoms with Gasteiger partial charge < -0.3 is 10.2 Å². The van der Waals surface area contributed by atoms with Crippen LogP contribution in [0.15, 0.2) is 23.1 Å². The van der Waals surface area contributed by atoms with Gasteiger partial charge in [0.05, 0.1) is 17.0 Å². The van der Waals surface area contributed by atoms with Crippen LogP contribution in [0.3, 0.4) is 0 Å². The molecule has 0 spiro atoms. The van der Waals surface area contributed by atoms with Crippen molar-refractivity contribution in [3.8, 4) is 6.07 Å². The number of nitrogens with zero attached hydrogens (tertiary/aromatic N) is 3. The molecule has 2 fully saturated rings. The first-order valence-corrected chi connectivity index (χ1v) is 9.57. The van der Waals surface area contributed by atoms with E-state index < -0.39 is 15.8 Å². The number of hydrogen-bond acceptors (Lipinski definition) is 5. The maximum atomic E-state index is 13.5. The number of sulfonamides is 1. The lowest BCUT2D eigenvalue weighted by molar-refractivity contribution is -0.135. The average Bonchev–Trinajstić information content (AvgIpc) is 2.62. The van der Waals surface area contributed by atoms with Crippen molar-refractivity contribution < 1.29 is 17.6 Å². The molecule has 2 aliphatic rings. The smallest absolute Gasteiger partial charge is 0.243 e. The van der Waals surface area contributed by atoms with E-state index in [1.807, 2.05) is 0 Å². The van der Waals surface area contributed by atoms with Crippen LogP contribution >= 0.6 is 0 Å². The molecule has 0 aromatic heterocycles. The number of benzene rings is 1. The molecule has 1 aromatic carbocycles. The molecule has 0 bridgehead atoms. The number of nitriles is 1. The Labute approximate surface area is 146 Å². The van der Waals surface area contributed by atoms with Gasteiger partial charge >= 0.3 is 0 Å². The summed E-state index contributed by atoms with van der Waals surface area (Å²) in [4.78, 5) is 13.7. The Morgan fingerprint density at radius 1 is 1.32 bits per heavy atom. The summed E-state index contributed by atoms with van der Waals surface area (Å²) in [5.41, 5.74) is -0.299. The van der Waals surface area contributed by atoms with Crippen LogP contribution in [0, 0.1) is 17.1 Å². The van der Waals surface area contributed by atoms with E-state index >= 15 is 0 Å². The Morgan fingerprint density at radius 3 is 2.84 bits per heavy atom. The number of carbonyl (C=O) groups excluding carboxylic acids is 1. The van der Waals surface area contributed by atoms with Gasteiger partial charge in [-0.1, -0.05) is 0 Å². The van der Waals surface area contributed by atoms with Crippen LogP contribution in [0.25, 0.3) is 0 Å². The van der Waals surface area contributed by atoms with Gasteiger partial charge in [-0.3, -0.25) is 4.79 Å². The summed E-state index contributed by atoms with van der Waals surface area (Å²) < 4.78 is 40.5. The first-order valence-electron chi connectivity index (χ1n) is 8.13. The number of nitrogens with one attached hydrogen (secondary N) is 1. The number of carbonyl (C=O) groups is 1. The first-order chi connectivity index (χ1) is 11.9. The molecule has 1 unspecified atom stereocenters. The highest BCUT2D eigenvalue weighted by Crippen LogP contribution is 2.24. The van der Waals surface area contributed by atoms with E-state index in [1.54, 1.807) is 11.0 Å². The molecular weight excluding hydrogens is 347 g/mol. The largest absolute Gasteiger partial charge is 0.336 e. The fourth-order valence-corrected chi connectivity index (χ4v) is 4.84. The molecule has 1 N–H and O–H groups in total. The standard InChI is InChI=1S/C16H19FN4O3S/c17-15-4-3-14(8-12(15)9-18)25(23,24)20-6-1-2-13(11-20)21-7-5-19-10-16(21)22/h3-4,8,13,19H,1-2,5-7,10-11H2. The van der Waals surface area contributed by atoms with Crippen molar-refractivity contribution in [3.63, 3.8) is 0 Å². The van der Waals surface area contributed by atoms with Gasteiger partial charge in [0.25, 0.3) is 0 Å². The molecule has 0 aliphatic carbocycles. The second kappa shape index (κ2) is 7.07. The predicted octanol–water partition coefficient (Wildman–Crippen LogP) is 0.282. The summed E-state index contributed by atoms with van der Waals surface area (Å²) in [6, 6.07) is 4.73. The molecule has 3 rings (SSSR count). The first kappa shape index (κ1) is 17.8. The van der Waals surface area contributed by atoms with Crippen molar-refractivity contribution in [2.75, 3.05) is 32.7 Å². The van der Waals surface area contributed by atoms with Gasteiger partial charge in [-0.25, -0.2) is 12.8 Å². The van der Waals surface area contributed by atoms with Crippen LogP contribution in [-0.4, -0.2) is 62.3 Å². The number of rotatable bonds is 3. The molecule has 2 aliphatic heterocycles. The zero-order chi connectivity index (χ0) is 18.0. The zero-order valence-corrected chi connectivity index (χ0v) is 14.4. The Bertz CT molecular complexity index is 821. The van der Waals surface area contributed by atoms with Crippen molar-refractivity contribution in [1.82, 2.24) is 14.5 Å². The van der Waals surface area contributed by atoms with E-state index in [0.717, 1.165) is 18.6 Å². The van der Waals surface area contributed by atoms with Gasteiger partial charge in [-0.05, 0) is 31.0 Å². The third kappa shape index (κ3) is 3.51. The van der Waals surface area contributed by atoms with Gasteiger partial charge in [-0.2, -0.15) is 9.57 Å². The number of hydrogen-bond donors (Lipinski definition) is 1. The highest BCUT2D eigenvalue weighted by Gasteiger charge is 2.35. The molecule has 2 heterocycles. The van der Waals surface area contributed by atoms with E-state index in [1.165, 1.54) is 10.4 Å². The van der Waals surface area contributed by atoms with Crippen LogP contribution in [-0.2, 0) is 14.8 Å².